The van der Waals surface area contributed by atoms with Gasteiger partial charge in [0.05, 0.1) is 12.5 Å². The fourth-order valence-electron chi connectivity index (χ4n) is 3.33. The minimum Gasteiger partial charge on any atom is -0.450 e. The second kappa shape index (κ2) is 7.72. The number of amides is 3. The van der Waals surface area contributed by atoms with Crippen LogP contribution >= 0.6 is 0 Å². The number of anilines is 1. The molecule has 8 heteroatoms. The minimum absolute atomic E-state index is 0.0773. The number of ether oxygens (including phenoxy) is 1. The number of carbonyl (C=O) groups excluding carboxylic acids is 3. The quantitative estimate of drug-likeness (QED) is 0.816. The molecule has 0 spiro atoms. The normalized spacial score (nSPS) is 20.5. The Labute approximate surface area is 151 Å². The first-order valence-corrected chi connectivity index (χ1v) is 8.76. The van der Waals surface area contributed by atoms with E-state index < -0.39 is 5.92 Å². The Morgan fingerprint density at radius 2 is 1.73 bits per heavy atom. The van der Waals surface area contributed by atoms with Gasteiger partial charge in [0.1, 0.15) is 5.82 Å². The number of nitrogens with zero attached hydrogens (tertiary/aromatic N) is 3. The standard InChI is InChI=1S/C18H22FN3O4/c1-2-26-18(25)21-9-7-20(8-10-21)17(24)13-11-16(23)22(12-13)15-5-3-14(19)4-6-15/h3-6,13H,2,7-12H2,1H3. The average Bonchev–Trinajstić information content (AvgIpc) is 3.04. The maximum atomic E-state index is 13.1. The molecule has 2 fully saturated rings. The molecule has 1 aromatic rings. The highest BCUT2D eigenvalue weighted by molar-refractivity contribution is 6.00. The summed E-state index contributed by atoms with van der Waals surface area (Å²) in [5.74, 6) is -0.999. The van der Waals surface area contributed by atoms with Crippen molar-refractivity contribution in [1.82, 2.24) is 9.80 Å². The zero-order chi connectivity index (χ0) is 18.7. The molecule has 3 amide bonds. The first-order valence-electron chi connectivity index (χ1n) is 8.76. The Morgan fingerprint density at radius 3 is 2.35 bits per heavy atom. The molecule has 0 aromatic heterocycles. The van der Waals surface area contributed by atoms with Crippen LogP contribution in [-0.2, 0) is 14.3 Å². The second-order valence-electron chi connectivity index (χ2n) is 6.39. The van der Waals surface area contributed by atoms with E-state index in [0.717, 1.165) is 0 Å². The average molecular weight is 363 g/mol. The van der Waals surface area contributed by atoms with Gasteiger partial charge in [-0.2, -0.15) is 0 Å². The molecule has 0 saturated carbocycles. The maximum absolute atomic E-state index is 13.1. The van der Waals surface area contributed by atoms with Crippen LogP contribution in [0.3, 0.4) is 0 Å². The van der Waals surface area contributed by atoms with Crippen LogP contribution in [0.25, 0.3) is 0 Å². The molecule has 0 radical (unpaired) electrons. The monoisotopic (exact) mass is 363 g/mol. The number of halogens is 1. The summed E-state index contributed by atoms with van der Waals surface area (Å²) in [6, 6.07) is 5.68. The van der Waals surface area contributed by atoms with Crippen molar-refractivity contribution in [2.45, 2.75) is 13.3 Å². The molecular formula is C18H22FN3O4. The summed E-state index contributed by atoms with van der Waals surface area (Å²) in [4.78, 5) is 41.5. The molecule has 2 saturated heterocycles. The van der Waals surface area contributed by atoms with Gasteiger partial charge in [-0.05, 0) is 31.2 Å². The summed E-state index contributed by atoms with van der Waals surface area (Å²) in [6.07, 6.45) is -0.216. The van der Waals surface area contributed by atoms with Gasteiger partial charge in [-0.3, -0.25) is 9.59 Å². The van der Waals surface area contributed by atoms with Gasteiger partial charge in [0.2, 0.25) is 11.8 Å². The number of hydrogen-bond donors (Lipinski definition) is 0. The third-order valence-corrected chi connectivity index (χ3v) is 4.73. The van der Waals surface area contributed by atoms with Crippen molar-refractivity contribution in [3.63, 3.8) is 0 Å². The molecule has 26 heavy (non-hydrogen) atoms. The van der Waals surface area contributed by atoms with E-state index in [1.165, 1.54) is 29.2 Å². The van der Waals surface area contributed by atoms with Crippen LogP contribution in [0, 0.1) is 11.7 Å². The van der Waals surface area contributed by atoms with Gasteiger partial charge in [-0.1, -0.05) is 0 Å². The van der Waals surface area contributed by atoms with E-state index in [-0.39, 0.29) is 30.1 Å². The lowest BCUT2D eigenvalue weighted by molar-refractivity contribution is -0.137. The van der Waals surface area contributed by atoms with E-state index >= 15 is 0 Å². The Bertz CT molecular complexity index is 686. The van der Waals surface area contributed by atoms with Crippen LogP contribution in [0.1, 0.15) is 13.3 Å². The lowest BCUT2D eigenvalue weighted by atomic mass is 10.1. The first kappa shape index (κ1) is 18.2. The van der Waals surface area contributed by atoms with Crippen LogP contribution < -0.4 is 4.90 Å². The Kier molecular flexibility index (Phi) is 5.39. The highest BCUT2D eigenvalue weighted by atomic mass is 19.1. The third kappa shape index (κ3) is 3.79. The molecule has 2 aliphatic heterocycles. The van der Waals surface area contributed by atoms with Crippen molar-refractivity contribution in [2.24, 2.45) is 5.92 Å². The zero-order valence-corrected chi connectivity index (χ0v) is 14.7. The number of piperazine rings is 1. The fourth-order valence-corrected chi connectivity index (χ4v) is 3.33. The van der Waals surface area contributed by atoms with E-state index in [1.807, 2.05) is 0 Å². The summed E-state index contributed by atoms with van der Waals surface area (Å²) < 4.78 is 18.0. The Morgan fingerprint density at radius 1 is 1.12 bits per heavy atom. The highest BCUT2D eigenvalue weighted by Gasteiger charge is 2.38. The maximum Gasteiger partial charge on any atom is 0.409 e. The van der Waals surface area contributed by atoms with Crippen molar-refractivity contribution in [3.8, 4) is 0 Å². The van der Waals surface area contributed by atoms with Gasteiger partial charge < -0.3 is 19.4 Å². The largest absolute Gasteiger partial charge is 0.450 e. The minimum atomic E-state index is -0.415. The highest BCUT2D eigenvalue weighted by Crippen LogP contribution is 2.26. The van der Waals surface area contributed by atoms with Crippen molar-refractivity contribution in [3.05, 3.63) is 30.1 Å². The van der Waals surface area contributed by atoms with Crippen LogP contribution in [0.4, 0.5) is 14.9 Å². The number of benzene rings is 1. The third-order valence-electron chi connectivity index (χ3n) is 4.73. The van der Waals surface area contributed by atoms with E-state index in [2.05, 4.69) is 0 Å². The molecule has 2 heterocycles. The lowest BCUT2D eigenvalue weighted by Crippen LogP contribution is -2.52. The van der Waals surface area contributed by atoms with Crippen LogP contribution in [-0.4, -0.2) is 67.0 Å². The number of rotatable bonds is 3. The van der Waals surface area contributed by atoms with Gasteiger partial charge in [-0.25, -0.2) is 9.18 Å². The molecule has 1 atom stereocenters. The second-order valence-corrected chi connectivity index (χ2v) is 6.39. The summed E-state index contributed by atoms with van der Waals surface area (Å²) >= 11 is 0. The molecule has 1 unspecified atom stereocenters. The van der Waals surface area contributed by atoms with Crippen LogP contribution in [0.2, 0.25) is 0 Å². The molecule has 3 rings (SSSR count). The summed E-state index contributed by atoms with van der Waals surface area (Å²) in [5.41, 5.74) is 0.596. The molecule has 1 aromatic carbocycles. The molecule has 2 aliphatic rings. The summed E-state index contributed by atoms with van der Waals surface area (Å²) in [5, 5.41) is 0. The van der Waals surface area contributed by atoms with E-state index in [4.69, 9.17) is 4.74 Å². The lowest BCUT2D eigenvalue weighted by Gasteiger charge is -2.35. The molecule has 140 valence electrons. The van der Waals surface area contributed by atoms with Gasteiger partial charge in [-0.15, -0.1) is 0 Å². The number of hydrogen-bond acceptors (Lipinski definition) is 4. The van der Waals surface area contributed by atoms with Crippen LogP contribution in [0.5, 0.6) is 0 Å². The molecule has 0 N–H and O–H groups in total. The molecule has 0 bridgehead atoms. The number of carbonyl (C=O) groups is 3. The Hall–Kier alpha value is -2.64. The van der Waals surface area contributed by atoms with Gasteiger partial charge in [0, 0.05) is 44.8 Å². The predicted molar refractivity (Wildman–Crippen MR) is 92.0 cm³/mol. The van der Waals surface area contributed by atoms with Crippen LogP contribution in [0.15, 0.2) is 24.3 Å². The SMILES string of the molecule is CCOC(=O)N1CCN(C(=O)C2CC(=O)N(c3ccc(F)cc3)C2)CC1. The topological polar surface area (TPSA) is 70.2 Å². The van der Waals surface area contributed by atoms with E-state index in [0.29, 0.717) is 45.0 Å². The summed E-state index contributed by atoms with van der Waals surface area (Å²) in [7, 11) is 0. The van der Waals surface area contributed by atoms with Crippen molar-refractivity contribution < 1.29 is 23.5 Å². The fraction of sp³-hybridized carbons (Fsp3) is 0.500. The zero-order valence-electron chi connectivity index (χ0n) is 14.7. The van der Waals surface area contributed by atoms with Crippen molar-refractivity contribution in [1.29, 1.82) is 0 Å². The van der Waals surface area contributed by atoms with E-state index in [1.54, 1.807) is 16.7 Å². The molecule has 7 nitrogen and oxygen atoms in total. The van der Waals surface area contributed by atoms with Gasteiger partial charge in [0.25, 0.3) is 0 Å². The van der Waals surface area contributed by atoms with Crippen molar-refractivity contribution >= 4 is 23.6 Å². The van der Waals surface area contributed by atoms with Gasteiger partial charge >= 0.3 is 6.09 Å². The van der Waals surface area contributed by atoms with Gasteiger partial charge in [0.15, 0.2) is 0 Å². The molecule has 0 aliphatic carbocycles. The smallest absolute Gasteiger partial charge is 0.409 e. The first-order chi connectivity index (χ1) is 12.5. The summed E-state index contributed by atoms with van der Waals surface area (Å²) in [6.45, 7) is 4.07. The Balaban J connectivity index is 1.57. The van der Waals surface area contributed by atoms with Crippen molar-refractivity contribution in [2.75, 3.05) is 44.2 Å². The van der Waals surface area contributed by atoms with E-state index in [9.17, 15) is 18.8 Å². The predicted octanol–water partition coefficient (Wildman–Crippen LogP) is 1.48. The molecular weight excluding hydrogens is 341 g/mol.